The molecule has 3 aromatic carbocycles. The van der Waals surface area contributed by atoms with Crippen LogP contribution in [0, 0.1) is 5.92 Å². The lowest BCUT2D eigenvalue weighted by atomic mass is 9.89. The summed E-state index contributed by atoms with van der Waals surface area (Å²) >= 11 is 1.63. The number of thioether (sulfide) groups is 1. The van der Waals surface area contributed by atoms with Crippen molar-refractivity contribution >= 4 is 53.5 Å². The molecule has 7 N–H and O–H groups in total. The van der Waals surface area contributed by atoms with Crippen LogP contribution in [0.5, 0.6) is 0 Å². The van der Waals surface area contributed by atoms with Gasteiger partial charge < -0.3 is 31.6 Å². The fourth-order valence-electron chi connectivity index (χ4n) is 6.29. The summed E-state index contributed by atoms with van der Waals surface area (Å²) in [7, 11) is -4.47. The maximum absolute atomic E-state index is 14.0. The number of imidazole rings is 1. The molecule has 1 aliphatic heterocycles. The molecule has 268 valence electrons. The minimum atomic E-state index is -4.47. The Morgan fingerprint density at radius 3 is 2.38 bits per heavy atom. The topological polar surface area (TPSA) is 196 Å². The summed E-state index contributed by atoms with van der Waals surface area (Å²) in [5.74, 6) is -4.17. The van der Waals surface area contributed by atoms with E-state index in [9.17, 15) is 28.6 Å². The number of carbonyl (C=O) groups excluding carboxylic acids is 4. The average molecular weight is 739 g/mol. The molecule has 6 rings (SSSR count). The van der Waals surface area contributed by atoms with Crippen LogP contribution in [0.25, 0.3) is 10.8 Å². The van der Waals surface area contributed by atoms with Crippen molar-refractivity contribution < 1.29 is 28.6 Å². The fraction of sp³-hybridized carbons (Fsp3) is 0.237. The SMILES string of the molecule is NC(=O)[C@H](CC1=CS[C@H]2C=CC=CC12)NC(=O)C(Cc1cnc[nH]1)NC(=O)CP(=O)(O)C(Cc1ccccc1)NC(=O)c1ccc2ccccc2c1. The Labute approximate surface area is 304 Å². The van der Waals surface area contributed by atoms with Gasteiger partial charge in [0.1, 0.15) is 24.0 Å². The Morgan fingerprint density at radius 2 is 1.63 bits per heavy atom. The first-order valence-corrected chi connectivity index (χ1v) is 19.6. The molecule has 0 radical (unpaired) electrons. The van der Waals surface area contributed by atoms with Crippen LogP contribution in [0.3, 0.4) is 0 Å². The molecule has 12 nitrogen and oxygen atoms in total. The number of aromatic amines is 1. The largest absolute Gasteiger partial charge is 0.368 e. The number of hydrogen-bond donors (Lipinski definition) is 6. The molecule has 4 amide bonds. The van der Waals surface area contributed by atoms with Crippen LogP contribution >= 0.6 is 19.1 Å². The lowest BCUT2D eigenvalue weighted by Crippen LogP contribution is -2.54. The number of benzene rings is 3. The summed E-state index contributed by atoms with van der Waals surface area (Å²) in [4.78, 5) is 71.6. The van der Waals surface area contributed by atoms with Gasteiger partial charge in [-0.3, -0.25) is 23.7 Å². The van der Waals surface area contributed by atoms with Crippen LogP contribution in [0.2, 0.25) is 0 Å². The Bertz CT molecular complexity index is 2090. The van der Waals surface area contributed by atoms with Gasteiger partial charge in [-0.15, -0.1) is 11.8 Å². The number of aromatic nitrogens is 2. The second-order valence-electron chi connectivity index (χ2n) is 12.8. The molecule has 4 unspecified atom stereocenters. The van der Waals surface area contributed by atoms with Gasteiger partial charge in [0.15, 0.2) is 0 Å². The van der Waals surface area contributed by atoms with Gasteiger partial charge in [0.25, 0.3) is 5.91 Å². The van der Waals surface area contributed by atoms with Crippen molar-refractivity contribution in [3.8, 4) is 0 Å². The first-order valence-electron chi connectivity index (χ1n) is 16.8. The van der Waals surface area contributed by atoms with Crippen molar-refractivity contribution in [2.45, 2.75) is 42.4 Å². The highest BCUT2D eigenvalue weighted by atomic mass is 32.2. The lowest BCUT2D eigenvalue weighted by molar-refractivity contribution is -0.130. The van der Waals surface area contributed by atoms with E-state index in [1.165, 1.54) is 12.5 Å². The zero-order valence-corrected chi connectivity index (χ0v) is 29.8. The van der Waals surface area contributed by atoms with E-state index >= 15 is 0 Å². The van der Waals surface area contributed by atoms with E-state index in [1.54, 1.807) is 60.3 Å². The number of nitrogens with one attached hydrogen (secondary N) is 4. The molecule has 6 atom stereocenters. The van der Waals surface area contributed by atoms with Gasteiger partial charge >= 0.3 is 0 Å². The third-order valence-corrected chi connectivity index (χ3v) is 12.3. The van der Waals surface area contributed by atoms with E-state index in [4.69, 9.17) is 5.73 Å². The van der Waals surface area contributed by atoms with E-state index in [1.807, 2.05) is 47.9 Å². The highest BCUT2D eigenvalue weighted by Gasteiger charge is 2.37. The number of primary amides is 1. The number of hydrogen-bond acceptors (Lipinski definition) is 7. The molecule has 52 heavy (non-hydrogen) atoms. The predicted molar refractivity (Wildman–Crippen MR) is 201 cm³/mol. The summed E-state index contributed by atoms with van der Waals surface area (Å²) in [6.45, 7) is 0. The zero-order chi connectivity index (χ0) is 36.7. The van der Waals surface area contributed by atoms with Gasteiger partial charge in [0.2, 0.25) is 25.1 Å². The molecule has 14 heteroatoms. The Hall–Kier alpha value is -5.23. The first-order chi connectivity index (χ1) is 25.1. The summed E-state index contributed by atoms with van der Waals surface area (Å²) in [5.41, 5.74) is 8.15. The summed E-state index contributed by atoms with van der Waals surface area (Å²) < 4.78 is 14.0. The van der Waals surface area contributed by atoms with Gasteiger partial charge in [-0.25, -0.2) is 4.98 Å². The van der Waals surface area contributed by atoms with Crippen LogP contribution in [0.4, 0.5) is 0 Å². The summed E-state index contributed by atoms with van der Waals surface area (Å²) in [5, 5.41) is 11.9. The fourth-order valence-corrected chi connectivity index (χ4v) is 9.03. The zero-order valence-electron chi connectivity index (χ0n) is 28.1. The van der Waals surface area contributed by atoms with Gasteiger partial charge in [-0.2, -0.15) is 0 Å². The van der Waals surface area contributed by atoms with Crippen molar-refractivity contribution in [2.75, 3.05) is 6.16 Å². The molecule has 0 fully saturated rings. The minimum absolute atomic E-state index is 0.0272. The maximum atomic E-state index is 14.0. The first kappa shape index (κ1) is 36.6. The smallest absolute Gasteiger partial charge is 0.251 e. The number of nitrogens with zero attached hydrogens (tertiary/aromatic N) is 1. The summed E-state index contributed by atoms with van der Waals surface area (Å²) in [6, 6.07) is 19.2. The average Bonchev–Trinajstić information content (AvgIpc) is 3.81. The second kappa shape index (κ2) is 16.4. The third kappa shape index (κ3) is 9.16. The van der Waals surface area contributed by atoms with E-state index in [0.29, 0.717) is 16.8 Å². The highest BCUT2D eigenvalue weighted by Crippen LogP contribution is 2.46. The maximum Gasteiger partial charge on any atom is 0.251 e. The molecule has 2 aliphatic rings. The van der Waals surface area contributed by atoms with Crippen molar-refractivity contribution in [1.82, 2.24) is 25.9 Å². The second-order valence-corrected chi connectivity index (χ2v) is 16.3. The van der Waals surface area contributed by atoms with Crippen LogP contribution in [0.1, 0.15) is 28.0 Å². The van der Waals surface area contributed by atoms with Crippen LogP contribution in [0.15, 0.2) is 121 Å². The van der Waals surface area contributed by atoms with Crippen LogP contribution < -0.4 is 21.7 Å². The van der Waals surface area contributed by atoms with Gasteiger partial charge in [-0.1, -0.05) is 90.5 Å². The third-order valence-electron chi connectivity index (χ3n) is 9.06. The van der Waals surface area contributed by atoms with E-state index in [0.717, 1.165) is 16.3 Å². The number of amides is 4. The molecular formula is C38H39N6O6PS. The van der Waals surface area contributed by atoms with Crippen molar-refractivity contribution in [2.24, 2.45) is 11.7 Å². The number of fused-ring (bicyclic) bond motifs is 2. The predicted octanol–water partition coefficient (Wildman–Crippen LogP) is 3.96. The van der Waals surface area contributed by atoms with Crippen molar-refractivity contribution in [3.05, 3.63) is 137 Å². The van der Waals surface area contributed by atoms with Crippen LogP contribution in [-0.4, -0.2) is 67.8 Å². The Balaban J connectivity index is 1.17. The molecule has 0 saturated heterocycles. The van der Waals surface area contributed by atoms with Gasteiger partial charge in [0, 0.05) is 41.5 Å². The summed E-state index contributed by atoms with van der Waals surface area (Å²) in [6.07, 6.45) is 10.1. The van der Waals surface area contributed by atoms with Gasteiger partial charge in [-0.05, 0) is 40.3 Å². The minimum Gasteiger partial charge on any atom is -0.368 e. The van der Waals surface area contributed by atoms with E-state index in [-0.39, 0.29) is 30.4 Å². The molecule has 0 saturated carbocycles. The monoisotopic (exact) mass is 738 g/mol. The number of rotatable bonds is 15. The van der Waals surface area contributed by atoms with Crippen molar-refractivity contribution in [1.29, 1.82) is 0 Å². The number of allylic oxidation sites excluding steroid dienone is 3. The molecule has 1 aromatic heterocycles. The van der Waals surface area contributed by atoms with E-state index < -0.39 is 55.0 Å². The van der Waals surface area contributed by atoms with Crippen molar-refractivity contribution in [3.63, 3.8) is 0 Å². The Morgan fingerprint density at radius 1 is 0.885 bits per heavy atom. The quantitative estimate of drug-likeness (QED) is 0.0986. The standard InChI is InChI=1S/C38H39N6O6PS/c39-36(46)31(18-28-22-52-33-13-7-6-12-30(28)33)43-38(48)32(19-29-20-40-23-41-29)42-34(45)21-51(49,50)35(16-24-8-2-1-3-9-24)44-37(47)27-15-14-25-10-4-5-11-26(25)17-27/h1-15,17,20,22-23,30-33,35H,16,18-19,21H2,(H2,39,46)(H,40,41)(H,42,45)(H,43,48)(H,44,47)(H,49,50)/t30?,31-,32?,33-,35?/m0/s1. The highest BCUT2D eigenvalue weighted by molar-refractivity contribution is 8.03. The number of carbonyl (C=O) groups is 4. The molecule has 0 bridgehead atoms. The van der Waals surface area contributed by atoms with Gasteiger partial charge in [0.05, 0.1) is 6.33 Å². The molecule has 2 heterocycles. The van der Waals surface area contributed by atoms with E-state index in [2.05, 4.69) is 32.0 Å². The lowest BCUT2D eigenvalue weighted by Gasteiger charge is -2.26. The molecule has 1 aliphatic carbocycles. The molecule has 0 spiro atoms. The number of H-pyrrole nitrogens is 1. The number of nitrogens with two attached hydrogens (primary N) is 1. The molecule has 4 aromatic rings. The Kier molecular flexibility index (Phi) is 11.5. The molecular weight excluding hydrogens is 699 g/mol. The van der Waals surface area contributed by atoms with Crippen LogP contribution in [-0.2, 0) is 31.8 Å². The normalized spacial score (nSPS) is 19.1.